The predicted molar refractivity (Wildman–Crippen MR) is 72.8 cm³/mol. The minimum absolute atomic E-state index is 0.391. The van der Waals surface area contributed by atoms with Gasteiger partial charge in [0.25, 0.3) is 0 Å². The van der Waals surface area contributed by atoms with Gasteiger partial charge in [-0.2, -0.15) is 0 Å². The highest BCUT2D eigenvalue weighted by molar-refractivity contribution is 7.19. The largest absolute Gasteiger partial charge is 0.464 e. The van der Waals surface area contributed by atoms with E-state index in [1.54, 1.807) is 0 Å². The van der Waals surface area contributed by atoms with Gasteiger partial charge in [-0.15, -0.1) is 0 Å². The summed E-state index contributed by atoms with van der Waals surface area (Å²) in [7, 11) is -1.31. The van der Waals surface area contributed by atoms with E-state index in [4.69, 9.17) is 8.23 Å². The summed E-state index contributed by atoms with van der Waals surface area (Å²) in [5.41, 5.74) is 0. The SMILES string of the molecule is C[Si](C)(O[SiH3])[SiH2]O[SiH2]c1ccccc1. The van der Waals surface area contributed by atoms with Gasteiger partial charge in [-0.1, -0.05) is 30.3 Å². The molecular formula is C8H18O2Si4. The van der Waals surface area contributed by atoms with E-state index in [2.05, 4.69) is 43.4 Å². The van der Waals surface area contributed by atoms with Gasteiger partial charge in [0, 0.05) is 0 Å². The van der Waals surface area contributed by atoms with Crippen LogP contribution in [0.2, 0.25) is 13.1 Å². The van der Waals surface area contributed by atoms with E-state index >= 15 is 0 Å². The van der Waals surface area contributed by atoms with Gasteiger partial charge in [0.05, 0.1) is 0 Å². The predicted octanol–water partition coefficient (Wildman–Crippen LogP) is -1.51. The van der Waals surface area contributed by atoms with Crippen LogP contribution in [0.15, 0.2) is 30.3 Å². The van der Waals surface area contributed by atoms with Crippen LogP contribution in [0.5, 0.6) is 0 Å². The summed E-state index contributed by atoms with van der Waals surface area (Å²) in [6.07, 6.45) is 0. The molecule has 78 valence electrons. The molecule has 0 saturated heterocycles. The van der Waals surface area contributed by atoms with Crippen molar-refractivity contribution in [3.05, 3.63) is 30.3 Å². The molecule has 0 aliphatic rings. The molecule has 0 aromatic heterocycles. The second-order valence-electron chi connectivity index (χ2n) is 3.94. The summed E-state index contributed by atoms with van der Waals surface area (Å²) in [4.78, 5) is 0. The Labute approximate surface area is 94.4 Å². The van der Waals surface area contributed by atoms with E-state index in [-0.39, 0.29) is 0 Å². The molecule has 0 spiro atoms. The lowest BCUT2D eigenvalue weighted by atomic mass is 10.4. The van der Waals surface area contributed by atoms with Crippen LogP contribution in [0, 0.1) is 0 Å². The number of rotatable bonds is 5. The molecule has 0 aliphatic carbocycles. The maximum atomic E-state index is 5.91. The zero-order valence-electron chi connectivity index (χ0n) is 9.12. The second-order valence-corrected chi connectivity index (χ2v) is 18.1. The van der Waals surface area contributed by atoms with Crippen LogP contribution in [-0.4, -0.2) is 37.4 Å². The van der Waals surface area contributed by atoms with Gasteiger partial charge in [0.1, 0.15) is 10.5 Å². The molecule has 0 fully saturated rings. The Bertz CT molecular complexity index is 265. The monoisotopic (exact) mass is 258 g/mol. The minimum atomic E-state index is -1.32. The van der Waals surface area contributed by atoms with Crippen LogP contribution in [-0.2, 0) is 8.23 Å². The van der Waals surface area contributed by atoms with Crippen LogP contribution in [0.4, 0.5) is 0 Å². The van der Waals surface area contributed by atoms with Gasteiger partial charge in [-0.05, 0) is 18.3 Å². The quantitative estimate of drug-likeness (QED) is 0.598. The number of benzene rings is 1. The molecule has 1 rings (SSSR count). The van der Waals surface area contributed by atoms with E-state index < -0.39 is 26.9 Å². The van der Waals surface area contributed by atoms with E-state index in [9.17, 15) is 0 Å². The van der Waals surface area contributed by atoms with Gasteiger partial charge in [0.15, 0.2) is 26.9 Å². The Morgan fingerprint density at radius 2 is 1.86 bits per heavy atom. The lowest BCUT2D eigenvalue weighted by Gasteiger charge is -2.19. The van der Waals surface area contributed by atoms with Gasteiger partial charge in [0.2, 0.25) is 0 Å². The lowest BCUT2D eigenvalue weighted by Crippen LogP contribution is -2.41. The zero-order chi connectivity index (χ0) is 10.4. The van der Waals surface area contributed by atoms with Crippen molar-refractivity contribution >= 4 is 42.6 Å². The molecule has 0 radical (unpaired) electrons. The van der Waals surface area contributed by atoms with E-state index in [1.165, 1.54) is 5.19 Å². The van der Waals surface area contributed by atoms with Crippen LogP contribution in [0.25, 0.3) is 0 Å². The van der Waals surface area contributed by atoms with Gasteiger partial charge < -0.3 is 8.23 Å². The fraction of sp³-hybridized carbons (Fsp3) is 0.250. The van der Waals surface area contributed by atoms with E-state index in [0.29, 0.717) is 0 Å². The minimum Gasteiger partial charge on any atom is -0.464 e. The first-order valence-corrected chi connectivity index (χ1v) is 12.7. The third-order valence-corrected chi connectivity index (χ3v) is 16.2. The fourth-order valence-electron chi connectivity index (χ4n) is 1.05. The molecule has 0 amide bonds. The number of hydrogen-bond acceptors (Lipinski definition) is 2. The summed E-state index contributed by atoms with van der Waals surface area (Å²) in [6.45, 7) is 4.54. The molecule has 0 bridgehead atoms. The zero-order valence-corrected chi connectivity index (χ0v) is 14.9. The summed E-state index contributed by atoms with van der Waals surface area (Å²) in [5.74, 6) is 0. The standard InChI is InChI=1S/C8H18O2Si4/c1-14(2,9-11)13-10-12-8-6-4-3-5-7-8/h3-7H,12-13H2,1-2,11H3. The van der Waals surface area contributed by atoms with Crippen molar-refractivity contribution in [1.29, 1.82) is 0 Å². The number of hydrogen-bond donors (Lipinski definition) is 0. The Balaban J connectivity index is 2.29. The molecule has 1 aromatic rings. The van der Waals surface area contributed by atoms with Crippen LogP contribution in [0.1, 0.15) is 0 Å². The molecule has 0 N–H and O–H groups in total. The highest BCUT2D eigenvalue weighted by Crippen LogP contribution is 1.98. The van der Waals surface area contributed by atoms with E-state index in [1.807, 2.05) is 0 Å². The van der Waals surface area contributed by atoms with Crippen molar-refractivity contribution in [3.8, 4) is 0 Å². The Hall–Kier alpha value is 0.00753. The smallest absolute Gasteiger partial charge is 0.183 e. The first-order chi connectivity index (χ1) is 6.64. The molecule has 0 atom stereocenters. The van der Waals surface area contributed by atoms with Crippen molar-refractivity contribution < 1.29 is 8.23 Å². The van der Waals surface area contributed by atoms with Crippen molar-refractivity contribution in [3.63, 3.8) is 0 Å². The van der Waals surface area contributed by atoms with Crippen LogP contribution >= 0.6 is 0 Å². The van der Waals surface area contributed by atoms with Crippen LogP contribution < -0.4 is 5.19 Å². The normalized spacial score (nSPS) is 13.6. The average Bonchev–Trinajstić information content (AvgIpc) is 2.19. The molecule has 0 heterocycles. The third kappa shape index (κ3) is 4.49. The Morgan fingerprint density at radius 1 is 1.21 bits per heavy atom. The maximum absolute atomic E-state index is 5.91. The first kappa shape index (κ1) is 12.1. The van der Waals surface area contributed by atoms with Gasteiger partial charge >= 0.3 is 0 Å². The average molecular weight is 259 g/mol. The second kappa shape index (κ2) is 5.78. The fourth-order valence-corrected chi connectivity index (χ4v) is 11.7. The molecule has 0 aliphatic heterocycles. The summed E-state index contributed by atoms with van der Waals surface area (Å²) in [6, 6.07) is 10.5. The van der Waals surface area contributed by atoms with Crippen LogP contribution in [0.3, 0.4) is 0 Å². The molecule has 14 heavy (non-hydrogen) atoms. The highest BCUT2D eigenvalue weighted by Gasteiger charge is 2.20. The third-order valence-electron chi connectivity index (χ3n) is 2.11. The highest BCUT2D eigenvalue weighted by atomic mass is 29.2. The van der Waals surface area contributed by atoms with Crippen molar-refractivity contribution in [2.24, 2.45) is 0 Å². The lowest BCUT2D eigenvalue weighted by molar-refractivity contribution is 0.606. The molecule has 6 heteroatoms. The van der Waals surface area contributed by atoms with Crippen molar-refractivity contribution in [2.45, 2.75) is 13.1 Å². The first-order valence-electron chi connectivity index (χ1n) is 4.81. The topological polar surface area (TPSA) is 18.5 Å². The molecule has 0 saturated carbocycles. The summed E-state index contributed by atoms with van der Waals surface area (Å²) < 4.78 is 11.5. The van der Waals surface area contributed by atoms with Gasteiger partial charge in [-0.25, -0.2) is 0 Å². The Morgan fingerprint density at radius 3 is 2.43 bits per heavy atom. The Kier molecular flexibility index (Phi) is 4.99. The maximum Gasteiger partial charge on any atom is 0.183 e. The molecule has 2 nitrogen and oxygen atoms in total. The molecule has 0 unspecified atom stereocenters. The van der Waals surface area contributed by atoms with E-state index in [0.717, 1.165) is 10.5 Å². The van der Waals surface area contributed by atoms with Gasteiger partial charge in [-0.3, -0.25) is 0 Å². The van der Waals surface area contributed by atoms with Crippen molar-refractivity contribution in [2.75, 3.05) is 0 Å². The van der Waals surface area contributed by atoms with Crippen molar-refractivity contribution in [1.82, 2.24) is 0 Å². The summed E-state index contributed by atoms with van der Waals surface area (Å²) >= 11 is 0. The molecular weight excluding hydrogens is 240 g/mol. The molecule has 1 aromatic carbocycles. The summed E-state index contributed by atoms with van der Waals surface area (Å²) in [5, 5.41) is 1.40.